The number of hydrogen-bond donors (Lipinski definition) is 3. The lowest BCUT2D eigenvalue weighted by atomic mass is 10.8. The lowest BCUT2D eigenvalue weighted by Gasteiger charge is -2.15. The second-order valence-electron chi connectivity index (χ2n) is 2.42. The van der Waals surface area contributed by atoms with Crippen molar-refractivity contribution in [3.05, 3.63) is 0 Å². The fourth-order valence-electron chi connectivity index (χ4n) is 0.553. The Kier molecular flexibility index (Phi) is 21.2. The molecular formula is C9H24O8S. The van der Waals surface area contributed by atoms with Crippen LogP contribution >= 0.6 is 0 Å². The first kappa shape index (κ1) is 22.9. The zero-order valence-corrected chi connectivity index (χ0v) is 12.0. The highest BCUT2D eigenvalue weighted by atomic mass is 32.3. The number of ether oxygens (including phenoxy) is 3. The highest BCUT2D eigenvalue weighted by molar-refractivity contribution is 7.79. The quantitative estimate of drug-likeness (QED) is 0.483. The molecule has 0 saturated heterocycles. The van der Waals surface area contributed by atoms with Crippen LogP contribution in [0.1, 0.15) is 27.7 Å². The molecule has 0 fully saturated rings. The molecule has 0 aromatic carbocycles. The fraction of sp³-hybridized carbons (Fsp3) is 1.00. The second kappa shape index (κ2) is 16.7. The largest absolute Gasteiger partial charge is 0.397 e. The van der Waals surface area contributed by atoms with Gasteiger partial charge in [-0.2, -0.15) is 8.42 Å². The topological polar surface area (TPSA) is 123 Å². The summed E-state index contributed by atoms with van der Waals surface area (Å²) in [6.07, 6.45) is 0. The van der Waals surface area contributed by atoms with Crippen LogP contribution in [0.4, 0.5) is 0 Å². The fourth-order valence-corrected chi connectivity index (χ4v) is 0.553. The first-order chi connectivity index (χ1) is 8.26. The average Bonchev–Trinajstić information content (AvgIpc) is 2.17. The van der Waals surface area contributed by atoms with Gasteiger partial charge in [-0.25, -0.2) is 0 Å². The lowest BCUT2D eigenvalue weighted by molar-refractivity contribution is -0.282. The maximum absolute atomic E-state index is 8.74. The highest BCUT2D eigenvalue weighted by Crippen LogP contribution is 1.95. The molecule has 0 aromatic rings. The van der Waals surface area contributed by atoms with E-state index in [1.807, 2.05) is 20.8 Å². The molecule has 8 nitrogen and oxygen atoms in total. The van der Waals surface area contributed by atoms with E-state index in [0.29, 0.717) is 19.8 Å². The van der Waals surface area contributed by atoms with Crippen LogP contribution in [0.25, 0.3) is 0 Å². The molecular weight excluding hydrogens is 268 g/mol. The summed E-state index contributed by atoms with van der Waals surface area (Å²) < 4.78 is 46.8. The minimum absolute atomic E-state index is 0.250. The average molecular weight is 292 g/mol. The number of rotatable bonds is 6. The van der Waals surface area contributed by atoms with Gasteiger partial charge in [0.1, 0.15) is 0 Å². The summed E-state index contributed by atoms with van der Waals surface area (Å²) in [5.74, 6) is 0. The van der Waals surface area contributed by atoms with Crippen molar-refractivity contribution in [2.45, 2.75) is 34.2 Å². The van der Waals surface area contributed by atoms with Gasteiger partial charge < -0.3 is 19.3 Å². The molecule has 114 valence electrons. The predicted molar refractivity (Wildman–Crippen MR) is 65.6 cm³/mol. The highest BCUT2D eigenvalue weighted by Gasteiger charge is 2.04. The van der Waals surface area contributed by atoms with E-state index in [-0.39, 0.29) is 6.61 Å². The zero-order valence-electron chi connectivity index (χ0n) is 11.2. The first-order valence-corrected chi connectivity index (χ1v) is 6.81. The summed E-state index contributed by atoms with van der Waals surface area (Å²) >= 11 is 0. The van der Waals surface area contributed by atoms with Crippen molar-refractivity contribution in [2.24, 2.45) is 0 Å². The molecule has 0 aliphatic carbocycles. The number of aliphatic hydroxyl groups excluding tert-OH is 1. The normalized spacial score (nSPS) is 10.2. The minimum Gasteiger partial charge on any atom is -0.397 e. The van der Waals surface area contributed by atoms with Gasteiger partial charge in [-0.3, -0.25) is 9.11 Å². The Morgan fingerprint density at radius 3 is 1.17 bits per heavy atom. The second-order valence-corrected chi connectivity index (χ2v) is 3.31. The van der Waals surface area contributed by atoms with Crippen molar-refractivity contribution in [3.8, 4) is 0 Å². The maximum atomic E-state index is 8.74. The Morgan fingerprint density at radius 1 is 0.889 bits per heavy atom. The van der Waals surface area contributed by atoms with E-state index >= 15 is 0 Å². The standard InChI is InChI=1S/C7H16O3.C2H6O.H2O4S/c1-4-8-7(9-5-2)10-6-3;1-2-3;1-5(2,3)4/h7H,4-6H2,1-3H3;3H,2H2,1H3;(H2,1,2,3,4). The van der Waals surface area contributed by atoms with Crippen molar-refractivity contribution in [2.75, 3.05) is 26.4 Å². The molecule has 0 aromatic heterocycles. The Balaban J connectivity index is -0.000000235. The van der Waals surface area contributed by atoms with Gasteiger partial charge in [0, 0.05) is 26.4 Å². The lowest BCUT2D eigenvalue weighted by Crippen LogP contribution is -2.20. The van der Waals surface area contributed by atoms with E-state index < -0.39 is 16.9 Å². The third kappa shape index (κ3) is 44.8. The molecule has 0 heterocycles. The molecule has 0 saturated carbocycles. The predicted octanol–water partition coefficient (Wildman–Crippen LogP) is 0.725. The molecule has 0 bridgehead atoms. The van der Waals surface area contributed by atoms with Gasteiger partial charge >= 0.3 is 10.4 Å². The van der Waals surface area contributed by atoms with Crippen molar-refractivity contribution in [3.63, 3.8) is 0 Å². The molecule has 0 aliphatic rings. The van der Waals surface area contributed by atoms with Gasteiger partial charge in [0.05, 0.1) is 0 Å². The van der Waals surface area contributed by atoms with E-state index in [0.717, 1.165) is 0 Å². The summed E-state index contributed by atoms with van der Waals surface area (Å²) in [7, 11) is -4.67. The van der Waals surface area contributed by atoms with Gasteiger partial charge in [-0.1, -0.05) is 0 Å². The Hall–Kier alpha value is -0.290. The number of aliphatic hydroxyl groups is 1. The summed E-state index contributed by atoms with van der Waals surface area (Å²) in [6, 6.07) is 0. The van der Waals surface area contributed by atoms with E-state index in [4.69, 9.17) is 36.8 Å². The van der Waals surface area contributed by atoms with Crippen molar-refractivity contribution in [1.82, 2.24) is 0 Å². The SMILES string of the molecule is CCO.CCOC(OCC)OCC.O=S(=O)(O)O. The minimum atomic E-state index is -4.67. The number of hydrogen-bond acceptors (Lipinski definition) is 6. The molecule has 0 amide bonds. The third-order valence-electron chi connectivity index (χ3n) is 0.908. The molecule has 0 aliphatic heterocycles. The van der Waals surface area contributed by atoms with Gasteiger partial charge in [0.25, 0.3) is 6.48 Å². The Morgan fingerprint density at radius 2 is 1.06 bits per heavy atom. The molecule has 0 spiro atoms. The van der Waals surface area contributed by atoms with Crippen LogP contribution in [0.5, 0.6) is 0 Å². The van der Waals surface area contributed by atoms with Crippen LogP contribution < -0.4 is 0 Å². The van der Waals surface area contributed by atoms with Crippen LogP contribution in [0, 0.1) is 0 Å². The Labute approximate surface area is 108 Å². The van der Waals surface area contributed by atoms with Crippen LogP contribution in [0.3, 0.4) is 0 Å². The van der Waals surface area contributed by atoms with Crippen molar-refractivity contribution >= 4 is 10.4 Å². The van der Waals surface area contributed by atoms with Crippen LogP contribution in [-0.4, -0.2) is 55.5 Å². The van der Waals surface area contributed by atoms with Crippen LogP contribution in [0.15, 0.2) is 0 Å². The molecule has 3 N–H and O–H groups in total. The monoisotopic (exact) mass is 292 g/mol. The van der Waals surface area contributed by atoms with E-state index in [1.54, 1.807) is 6.92 Å². The smallest absolute Gasteiger partial charge is 0.394 e. The van der Waals surface area contributed by atoms with Crippen LogP contribution in [-0.2, 0) is 24.6 Å². The van der Waals surface area contributed by atoms with E-state index in [2.05, 4.69) is 0 Å². The maximum Gasteiger partial charge on any atom is 0.394 e. The molecule has 0 radical (unpaired) electrons. The van der Waals surface area contributed by atoms with E-state index in [1.165, 1.54) is 0 Å². The zero-order chi connectivity index (χ0) is 15.0. The summed E-state index contributed by atoms with van der Waals surface area (Å²) in [4.78, 5) is 0. The van der Waals surface area contributed by atoms with Gasteiger partial charge in [0.2, 0.25) is 0 Å². The van der Waals surface area contributed by atoms with Crippen molar-refractivity contribution < 1.29 is 36.8 Å². The van der Waals surface area contributed by atoms with E-state index in [9.17, 15) is 0 Å². The summed E-state index contributed by atoms with van der Waals surface area (Å²) in [5.41, 5.74) is 0. The molecule has 0 unspecified atom stereocenters. The van der Waals surface area contributed by atoms with Gasteiger partial charge in [-0.05, 0) is 27.7 Å². The van der Waals surface area contributed by atoms with Gasteiger partial charge in [-0.15, -0.1) is 0 Å². The molecule has 18 heavy (non-hydrogen) atoms. The van der Waals surface area contributed by atoms with Crippen LogP contribution in [0.2, 0.25) is 0 Å². The first-order valence-electron chi connectivity index (χ1n) is 5.42. The third-order valence-corrected chi connectivity index (χ3v) is 0.908. The van der Waals surface area contributed by atoms with Gasteiger partial charge in [0.15, 0.2) is 0 Å². The molecule has 0 rings (SSSR count). The molecule has 9 heteroatoms. The van der Waals surface area contributed by atoms with Crippen molar-refractivity contribution in [1.29, 1.82) is 0 Å². The summed E-state index contributed by atoms with van der Waals surface area (Å²) in [6.45, 7) is 9.03. The summed E-state index contributed by atoms with van der Waals surface area (Å²) in [5, 5.41) is 7.57. The Bertz CT molecular complexity index is 206. The molecule has 0 atom stereocenters.